The number of rotatable bonds is 10. The summed E-state index contributed by atoms with van der Waals surface area (Å²) in [6.07, 6.45) is -0.562. The first-order valence-electron chi connectivity index (χ1n) is 21.4. The van der Waals surface area contributed by atoms with Crippen LogP contribution in [0.1, 0.15) is 57.1 Å². The van der Waals surface area contributed by atoms with Crippen molar-refractivity contribution in [3.8, 4) is 23.3 Å². The van der Waals surface area contributed by atoms with Crippen LogP contribution in [0, 0.1) is 27.9 Å². The molecule has 0 saturated carbocycles. The number of esters is 1. The van der Waals surface area contributed by atoms with Gasteiger partial charge < -0.3 is 24.6 Å². The predicted molar refractivity (Wildman–Crippen MR) is 245 cm³/mol. The molecule has 67 heavy (non-hydrogen) atoms. The number of anilines is 1. The minimum Gasteiger partial charge on any atom is -0.508 e. The molecule has 2 N–H and O–H groups in total. The van der Waals surface area contributed by atoms with Crippen molar-refractivity contribution in [1.29, 1.82) is 0 Å². The molecule has 3 aliphatic rings. The lowest BCUT2D eigenvalue weighted by Gasteiger charge is -2.46. The van der Waals surface area contributed by atoms with Gasteiger partial charge >= 0.3 is 12.1 Å². The third-order valence-corrected chi connectivity index (χ3v) is 12.5. The van der Waals surface area contributed by atoms with Gasteiger partial charge in [0, 0.05) is 29.8 Å². The Morgan fingerprint density at radius 2 is 1.48 bits per heavy atom. The summed E-state index contributed by atoms with van der Waals surface area (Å²) in [6, 6.07) is 38.7. The number of hydrogen-bond acceptors (Lipinski definition) is 11. The van der Waals surface area contributed by atoms with E-state index in [0.29, 0.717) is 39.1 Å². The highest BCUT2D eigenvalue weighted by molar-refractivity contribution is 6.23. The molecule has 6 aromatic carbocycles. The van der Waals surface area contributed by atoms with E-state index in [-0.39, 0.29) is 35.8 Å². The van der Waals surface area contributed by atoms with Crippen LogP contribution in [0.4, 0.5) is 16.2 Å². The summed E-state index contributed by atoms with van der Waals surface area (Å²) >= 11 is 0. The number of nitro benzene ring substituents is 1. The van der Waals surface area contributed by atoms with E-state index in [1.165, 1.54) is 42.5 Å². The van der Waals surface area contributed by atoms with Crippen LogP contribution in [0.3, 0.4) is 0 Å². The number of cyclic esters (lactones) is 1. The van der Waals surface area contributed by atoms with E-state index in [9.17, 15) is 20.0 Å². The fourth-order valence-electron chi connectivity index (χ4n) is 9.65. The number of nitrogens with one attached hydrogen (secondary N) is 1. The van der Waals surface area contributed by atoms with Gasteiger partial charge in [-0.25, -0.2) is 9.69 Å². The van der Waals surface area contributed by atoms with Gasteiger partial charge in [0.25, 0.3) is 5.69 Å². The van der Waals surface area contributed by atoms with Crippen LogP contribution in [-0.4, -0.2) is 58.5 Å². The van der Waals surface area contributed by atoms with E-state index in [4.69, 9.17) is 14.2 Å². The molecule has 6 unspecified atom stereocenters. The molecule has 0 aliphatic carbocycles. The highest BCUT2D eigenvalue weighted by Crippen LogP contribution is 2.66. The molecule has 3 aliphatic heterocycles. The van der Waals surface area contributed by atoms with Crippen molar-refractivity contribution in [2.45, 2.75) is 36.3 Å². The SMILES string of the molecule is C=CCNC(=O)C1C2C(=O)OC(c3ccccc3)C(c3ccccc3)N2C(c2ccc(O)cc2)C12C(=O)N(C(=O)OCc1ccc([N+](=O)[O-])cc1)c1ccc(C#Cc3ccc(OC)cc3)cc12. The monoisotopic (exact) mass is 894 g/mol. The van der Waals surface area contributed by atoms with Gasteiger partial charge in [0.1, 0.15) is 35.7 Å². The summed E-state index contributed by atoms with van der Waals surface area (Å²) in [7, 11) is 1.56. The minimum atomic E-state index is -2.09. The number of methoxy groups -OCH3 is 1. The molecule has 14 nitrogen and oxygen atoms in total. The van der Waals surface area contributed by atoms with Crippen molar-refractivity contribution >= 4 is 35.3 Å². The largest absolute Gasteiger partial charge is 0.508 e. The topological polar surface area (TPSA) is 178 Å². The normalized spacial score (nSPS) is 21.6. The number of imide groups is 1. The van der Waals surface area contributed by atoms with E-state index in [1.807, 2.05) is 65.6 Å². The van der Waals surface area contributed by atoms with Crippen molar-refractivity contribution in [3.05, 3.63) is 213 Å². The fourth-order valence-corrected chi connectivity index (χ4v) is 9.65. The van der Waals surface area contributed by atoms with Crippen LogP contribution in [-0.2, 0) is 35.9 Å². The summed E-state index contributed by atoms with van der Waals surface area (Å²) in [5, 5.41) is 24.9. The van der Waals surface area contributed by atoms with Gasteiger partial charge in [0.15, 0.2) is 0 Å². The number of fused-ring (bicyclic) bond motifs is 3. The Balaban J connectivity index is 1.30. The van der Waals surface area contributed by atoms with Crippen molar-refractivity contribution < 1.29 is 43.4 Å². The van der Waals surface area contributed by atoms with Crippen molar-refractivity contribution in [1.82, 2.24) is 10.2 Å². The van der Waals surface area contributed by atoms with E-state index in [2.05, 4.69) is 23.7 Å². The Labute approximate surface area is 385 Å². The van der Waals surface area contributed by atoms with Crippen molar-refractivity contribution in [2.24, 2.45) is 5.92 Å². The van der Waals surface area contributed by atoms with Crippen LogP contribution in [0.15, 0.2) is 164 Å². The molecule has 6 atom stereocenters. The number of amides is 3. The number of carbonyl (C=O) groups is 4. The molecular weight excluding hydrogens is 853 g/mol. The quantitative estimate of drug-likeness (QED) is 0.0448. The second kappa shape index (κ2) is 18.1. The number of carbonyl (C=O) groups excluding carboxylic acids is 4. The fraction of sp³-hybridized carbons (Fsp3) is 0.170. The van der Waals surface area contributed by atoms with Crippen LogP contribution < -0.4 is 15.0 Å². The number of hydrogen-bond donors (Lipinski definition) is 2. The summed E-state index contributed by atoms with van der Waals surface area (Å²) < 4.78 is 17.6. The van der Waals surface area contributed by atoms with Crippen molar-refractivity contribution in [2.75, 3.05) is 18.6 Å². The summed E-state index contributed by atoms with van der Waals surface area (Å²) in [6.45, 7) is 3.40. The third kappa shape index (κ3) is 7.81. The van der Waals surface area contributed by atoms with Gasteiger partial charge in [-0.05, 0) is 94.5 Å². The molecule has 334 valence electrons. The van der Waals surface area contributed by atoms with E-state index < -0.39 is 64.4 Å². The lowest BCUT2D eigenvalue weighted by molar-refractivity contribution is -0.384. The minimum absolute atomic E-state index is 0.0266. The number of phenolic OH excluding ortho intramolecular Hbond substituents is 1. The van der Waals surface area contributed by atoms with E-state index >= 15 is 14.4 Å². The number of non-ortho nitro benzene ring substituents is 1. The summed E-state index contributed by atoms with van der Waals surface area (Å²) in [5.41, 5.74) is 1.35. The van der Waals surface area contributed by atoms with Gasteiger partial charge in [-0.3, -0.25) is 29.4 Å². The Kier molecular flexibility index (Phi) is 11.8. The first kappa shape index (κ1) is 43.7. The smallest absolute Gasteiger partial charge is 0.421 e. The highest BCUT2D eigenvalue weighted by atomic mass is 16.6. The average molecular weight is 895 g/mol. The summed E-state index contributed by atoms with van der Waals surface area (Å²) in [4.78, 5) is 74.9. The third-order valence-electron chi connectivity index (χ3n) is 12.5. The first-order valence-corrected chi connectivity index (χ1v) is 21.4. The van der Waals surface area contributed by atoms with E-state index in [0.717, 1.165) is 4.90 Å². The van der Waals surface area contributed by atoms with Gasteiger partial charge in [-0.2, -0.15) is 0 Å². The second-order valence-electron chi connectivity index (χ2n) is 16.2. The molecule has 0 radical (unpaired) electrons. The number of phenols is 1. The molecule has 2 fully saturated rings. The van der Waals surface area contributed by atoms with Crippen LogP contribution in [0.25, 0.3) is 0 Å². The predicted octanol–water partition coefficient (Wildman–Crippen LogP) is 8.01. The average Bonchev–Trinajstić information content (AvgIpc) is 3.81. The Hall–Kier alpha value is -8.54. The Morgan fingerprint density at radius 1 is 0.836 bits per heavy atom. The molecule has 2 saturated heterocycles. The van der Waals surface area contributed by atoms with Gasteiger partial charge in [-0.1, -0.05) is 90.7 Å². The second-order valence-corrected chi connectivity index (χ2v) is 16.2. The molecular formula is C53H42N4O10. The summed E-state index contributed by atoms with van der Waals surface area (Å²) in [5.74, 6) is 3.03. The standard InChI is InChI=1S/C53H42N4O10/c1-3-30-54-49(59)44-46-50(60)67-47(37-12-8-5-9-13-37)45(36-10-6-4-7-11-36)56(46)48(38-21-25-40(58)26-22-38)53(44)42-31-34(15-14-33-18-27-41(65-2)28-19-33)20-29-43(42)55(51(53)61)52(62)66-32-35-16-23-39(24-17-35)57(63)64/h3-13,16-29,31,44-48,58H,1,30,32H2,2H3,(H,54,59). The zero-order valence-electron chi connectivity index (χ0n) is 36.0. The van der Waals surface area contributed by atoms with Gasteiger partial charge in [-0.15, -0.1) is 6.58 Å². The maximum Gasteiger partial charge on any atom is 0.421 e. The van der Waals surface area contributed by atoms with Crippen molar-refractivity contribution in [3.63, 3.8) is 0 Å². The molecule has 9 rings (SSSR count). The number of nitro groups is 1. The Bertz CT molecular complexity index is 2950. The number of morpholine rings is 1. The maximum absolute atomic E-state index is 16.3. The Morgan fingerprint density at radius 3 is 2.12 bits per heavy atom. The van der Waals surface area contributed by atoms with Crippen LogP contribution in [0.2, 0.25) is 0 Å². The number of benzene rings is 6. The molecule has 0 bridgehead atoms. The number of nitrogens with zero attached hydrogens (tertiary/aromatic N) is 3. The van der Waals surface area contributed by atoms with Crippen LogP contribution >= 0.6 is 0 Å². The number of ether oxygens (including phenoxy) is 3. The zero-order valence-corrected chi connectivity index (χ0v) is 36.0. The maximum atomic E-state index is 16.3. The molecule has 3 amide bonds. The van der Waals surface area contributed by atoms with Crippen LogP contribution in [0.5, 0.6) is 11.5 Å². The molecule has 14 heteroatoms. The molecule has 1 spiro atoms. The first-order chi connectivity index (χ1) is 32.5. The number of aromatic hydroxyl groups is 1. The molecule has 6 aromatic rings. The van der Waals surface area contributed by atoms with Gasteiger partial charge in [0.2, 0.25) is 11.8 Å². The lowest BCUT2D eigenvalue weighted by Crippen LogP contribution is -2.55. The highest BCUT2D eigenvalue weighted by Gasteiger charge is 2.75. The molecule has 0 aromatic heterocycles. The van der Waals surface area contributed by atoms with E-state index in [1.54, 1.807) is 61.7 Å². The molecule has 3 heterocycles. The van der Waals surface area contributed by atoms with Gasteiger partial charge in [0.05, 0.1) is 35.7 Å². The lowest BCUT2D eigenvalue weighted by atomic mass is 9.65. The zero-order chi connectivity index (χ0) is 46.8.